The van der Waals surface area contributed by atoms with Gasteiger partial charge in [0, 0.05) is 44.0 Å². The molecule has 0 unspecified atom stereocenters. The second kappa shape index (κ2) is 8.72. The number of rotatable bonds is 7. The summed E-state index contributed by atoms with van der Waals surface area (Å²) >= 11 is 0. The van der Waals surface area contributed by atoms with Gasteiger partial charge in [0.2, 0.25) is 5.91 Å². The molecule has 0 aliphatic carbocycles. The van der Waals surface area contributed by atoms with E-state index in [4.69, 9.17) is 9.47 Å². The van der Waals surface area contributed by atoms with E-state index in [9.17, 15) is 4.79 Å². The molecule has 2 rings (SSSR count). The van der Waals surface area contributed by atoms with Crippen LogP contribution >= 0.6 is 0 Å². The third-order valence-corrected chi connectivity index (χ3v) is 3.60. The largest absolute Gasteiger partial charge is 0.497 e. The average molecular weight is 326 g/mol. The average Bonchev–Trinajstić information content (AvgIpc) is 2.64. The van der Waals surface area contributed by atoms with Gasteiger partial charge < -0.3 is 14.4 Å². The summed E-state index contributed by atoms with van der Waals surface area (Å²) in [7, 11) is 4.97. The second-order valence-electron chi connectivity index (χ2n) is 5.31. The van der Waals surface area contributed by atoms with Crippen molar-refractivity contribution in [2.24, 2.45) is 0 Å². The van der Waals surface area contributed by atoms with Crippen LogP contribution in [0.25, 0.3) is 6.08 Å². The van der Waals surface area contributed by atoms with Crippen molar-refractivity contribution < 1.29 is 14.3 Å². The lowest BCUT2D eigenvalue weighted by atomic mass is 10.2. The Labute approximate surface area is 142 Å². The number of amides is 1. The molecule has 126 valence electrons. The first-order chi connectivity index (χ1) is 11.6. The number of pyridine rings is 1. The molecule has 0 saturated carbocycles. The zero-order chi connectivity index (χ0) is 17.4. The Morgan fingerprint density at radius 2 is 1.88 bits per heavy atom. The number of nitrogens with zero attached hydrogens (tertiary/aromatic N) is 2. The molecule has 0 radical (unpaired) electrons. The molecule has 0 saturated heterocycles. The maximum absolute atomic E-state index is 12.2. The van der Waals surface area contributed by atoms with E-state index in [2.05, 4.69) is 4.98 Å². The third kappa shape index (κ3) is 5.12. The summed E-state index contributed by atoms with van der Waals surface area (Å²) < 4.78 is 10.4. The minimum atomic E-state index is -0.0623. The van der Waals surface area contributed by atoms with Crippen LogP contribution in [0.3, 0.4) is 0 Å². The highest BCUT2D eigenvalue weighted by Gasteiger charge is 2.06. The zero-order valence-electron chi connectivity index (χ0n) is 14.2. The van der Waals surface area contributed by atoms with E-state index in [1.54, 1.807) is 50.6 Å². The van der Waals surface area contributed by atoms with Crippen LogP contribution in [0.2, 0.25) is 0 Å². The minimum Gasteiger partial charge on any atom is -0.497 e. The highest BCUT2D eigenvalue weighted by atomic mass is 16.5. The van der Waals surface area contributed by atoms with Gasteiger partial charge in [0.15, 0.2) is 0 Å². The van der Waals surface area contributed by atoms with E-state index in [1.807, 2.05) is 30.3 Å². The molecule has 1 aromatic carbocycles. The monoisotopic (exact) mass is 326 g/mol. The molecule has 5 heteroatoms. The van der Waals surface area contributed by atoms with E-state index < -0.39 is 0 Å². The van der Waals surface area contributed by atoms with E-state index >= 15 is 0 Å². The van der Waals surface area contributed by atoms with Gasteiger partial charge in [-0.25, -0.2) is 0 Å². The first-order valence-corrected chi connectivity index (χ1v) is 7.68. The van der Waals surface area contributed by atoms with Gasteiger partial charge in [-0.1, -0.05) is 6.07 Å². The fourth-order valence-electron chi connectivity index (χ4n) is 2.16. The highest BCUT2D eigenvalue weighted by molar-refractivity contribution is 5.91. The summed E-state index contributed by atoms with van der Waals surface area (Å²) in [5.41, 5.74) is 1.82. The summed E-state index contributed by atoms with van der Waals surface area (Å²) in [6.07, 6.45) is 5.79. The number of methoxy groups -OCH3 is 2. The van der Waals surface area contributed by atoms with E-state index in [0.717, 1.165) is 17.7 Å². The molecule has 0 fully saturated rings. The predicted octanol–water partition coefficient (Wildman–Crippen LogP) is 2.81. The van der Waals surface area contributed by atoms with Crippen molar-refractivity contribution in [1.82, 2.24) is 9.88 Å². The molecule has 0 atom stereocenters. The number of hydrogen-bond acceptors (Lipinski definition) is 4. The number of likely N-dealkylation sites (N-methyl/N-ethyl adjacent to an activating group) is 1. The Kier molecular flexibility index (Phi) is 6.37. The van der Waals surface area contributed by atoms with Gasteiger partial charge in [-0.3, -0.25) is 9.78 Å². The summed E-state index contributed by atoms with van der Waals surface area (Å²) in [5, 5.41) is 0. The number of aromatic nitrogens is 1. The zero-order valence-corrected chi connectivity index (χ0v) is 14.2. The van der Waals surface area contributed by atoms with Crippen LogP contribution in [0.1, 0.15) is 11.3 Å². The van der Waals surface area contributed by atoms with Crippen molar-refractivity contribution in [3.8, 4) is 11.5 Å². The topological polar surface area (TPSA) is 51.7 Å². The fourth-order valence-corrected chi connectivity index (χ4v) is 2.16. The number of carbonyl (C=O) groups excluding carboxylic acids is 1. The molecule has 1 aromatic heterocycles. The number of carbonyl (C=O) groups is 1. The smallest absolute Gasteiger partial charge is 0.246 e. The summed E-state index contributed by atoms with van der Waals surface area (Å²) in [6, 6.07) is 11.3. The van der Waals surface area contributed by atoms with Crippen LogP contribution in [0, 0.1) is 0 Å². The van der Waals surface area contributed by atoms with Crippen LogP contribution in [-0.4, -0.2) is 43.6 Å². The van der Waals surface area contributed by atoms with Gasteiger partial charge in [0.05, 0.1) is 14.2 Å². The predicted molar refractivity (Wildman–Crippen MR) is 94.2 cm³/mol. The summed E-state index contributed by atoms with van der Waals surface area (Å²) in [5.74, 6) is 1.31. The molecule has 0 aliphatic rings. The quantitative estimate of drug-likeness (QED) is 0.734. The van der Waals surface area contributed by atoms with Crippen LogP contribution in [0.15, 0.2) is 48.7 Å². The lowest BCUT2D eigenvalue weighted by Gasteiger charge is -2.14. The lowest BCUT2D eigenvalue weighted by molar-refractivity contribution is -0.124. The number of ether oxygens (including phenoxy) is 2. The Bertz CT molecular complexity index is 677. The van der Waals surface area contributed by atoms with Gasteiger partial charge in [-0.2, -0.15) is 0 Å². The first-order valence-electron chi connectivity index (χ1n) is 7.68. The minimum absolute atomic E-state index is 0.0623. The van der Waals surface area contributed by atoms with Crippen LogP contribution in [-0.2, 0) is 11.2 Å². The Morgan fingerprint density at radius 3 is 2.46 bits per heavy atom. The molecule has 24 heavy (non-hydrogen) atoms. The molecule has 1 heterocycles. The van der Waals surface area contributed by atoms with Gasteiger partial charge in [0.1, 0.15) is 11.5 Å². The van der Waals surface area contributed by atoms with Gasteiger partial charge in [-0.15, -0.1) is 0 Å². The first kappa shape index (κ1) is 17.5. The second-order valence-corrected chi connectivity index (χ2v) is 5.31. The van der Waals surface area contributed by atoms with Crippen LogP contribution < -0.4 is 9.47 Å². The van der Waals surface area contributed by atoms with E-state index in [1.165, 1.54) is 0 Å². The van der Waals surface area contributed by atoms with Gasteiger partial charge in [-0.05, 0) is 35.9 Å². The van der Waals surface area contributed by atoms with E-state index in [0.29, 0.717) is 18.0 Å². The Morgan fingerprint density at radius 1 is 1.17 bits per heavy atom. The van der Waals surface area contributed by atoms with Crippen molar-refractivity contribution in [3.05, 3.63) is 59.9 Å². The molecule has 0 spiro atoms. The van der Waals surface area contributed by atoms with E-state index in [-0.39, 0.29) is 5.91 Å². The third-order valence-electron chi connectivity index (χ3n) is 3.60. The molecule has 0 N–H and O–H groups in total. The molecule has 0 aliphatic heterocycles. The maximum Gasteiger partial charge on any atom is 0.246 e. The molecule has 5 nitrogen and oxygen atoms in total. The standard InChI is InChI=1S/C19H22N2O3/c1-21(11-9-16-6-4-5-10-20-16)19(22)8-7-15-12-17(23-2)14-18(13-15)24-3/h4-8,10,12-14H,9,11H2,1-3H3/b8-7+. The van der Waals surface area contributed by atoms with Crippen molar-refractivity contribution in [1.29, 1.82) is 0 Å². The molecular weight excluding hydrogens is 304 g/mol. The van der Waals surface area contributed by atoms with Crippen molar-refractivity contribution in [2.75, 3.05) is 27.8 Å². The molecule has 1 amide bonds. The maximum atomic E-state index is 12.2. The normalized spacial score (nSPS) is 10.6. The fraction of sp³-hybridized carbons (Fsp3) is 0.263. The van der Waals surface area contributed by atoms with Crippen molar-refractivity contribution in [3.63, 3.8) is 0 Å². The van der Waals surface area contributed by atoms with Gasteiger partial charge in [0.25, 0.3) is 0 Å². The Balaban J connectivity index is 1.96. The van der Waals surface area contributed by atoms with Crippen LogP contribution in [0.5, 0.6) is 11.5 Å². The summed E-state index contributed by atoms with van der Waals surface area (Å²) in [4.78, 5) is 18.1. The lowest BCUT2D eigenvalue weighted by Crippen LogP contribution is -2.27. The molecule has 2 aromatic rings. The molecule has 0 bridgehead atoms. The highest BCUT2D eigenvalue weighted by Crippen LogP contribution is 2.23. The SMILES string of the molecule is COc1cc(/C=C/C(=O)N(C)CCc2ccccn2)cc(OC)c1. The van der Waals surface area contributed by atoms with Crippen molar-refractivity contribution in [2.45, 2.75) is 6.42 Å². The number of benzene rings is 1. The van der Waals surface area contributed by atoms with Crippen LogP contribution in [0.4, 0.5) is 0 Å². The van der Waals surface area contributed by atoms with Gasteiger partial charge >= 0.3 is 0 Å². The number of hydrogen-bond donors (Lipinski definition) is 0. The van der Waals surface area contributed by atoms with Crippen molar-refractivity contribution >= 4 is 12.0 Å². The summed E-state index contributed by atoms with van der Waals surface area (Å²) in [6.45, 7) is 0.613. The Hall–Kier alpha value is -2.82. The molecular formula is C19H22N2O3.